The van der Waals surface area contributed by atoms with Gasteiger partial charge in [-0.05, 0) is 30.2 Å². The van der Waals surface area contributed by atoms with Crippen molar-refractivity contribution in [1.29, 1.82) is 0 Å². The van der Waals surface area contributed by atoms with Gasteiger partial charge < -0.3 is 19.9 Å². The highest BCUT2D eigenvalue weighted by molar-refractivity contribution is 8.05. The summed E-state index contributed by atoms with van der Waals surface area (Å²) in [6.07, 6.45) is 1.03. The second-order valence-electron chi connectivity index (χ2n) is 8.80. The van der Waals surface area contributed by atoms with Crippen LogP contribution < -0.4 is 10.1 Å². The zero-order valence-corrected chi connectivity index (χ0v) is 22.9. The van der Waals surface area contributed by atoms with Gasteiger partial charge in [0.25, 0.3) is 0 Å². The van der Waals surface area contributed by atoms with Gasteiger partial charge in [-0.15, -0.1) is 11.8 Å². The molecule has 1 amide bonds. The lowest BCUT2D eigenvalue weighted by Gasteiger charge is -2.20. The van der Waals surface area contributed by atoms with Crippen molar-refractivity contribution in [2.75, 3.05) is 12.4 Å². The van der Waals surface area contributed by atoms with Crippen molar-refractivity contribution >= 4 is 46.1 Å². The smallest absolute Gasteiger partial charge is 0.408 e. The number of para-hydroxylation sites is 1. The summed E-state index contributed by atoms with van der Waals surface area (Å²) < 4.78 is 23.3. The number of nitrogens with one attached hydrogen (secondary N) is 1. The van der Waals surface area contributed by atoms with Crippen molar-refractivity contribution < 1.29 is 28.4 Å². The Kier molecular flexibility index (Phi) is 9.96. The standard InChI is InChI=1S/C29H28N2O6S2/c1-20-11-13-22(14-12-20)17-36-25-10-6-5-9-23(25)15-26-27(39-35)31(19-38-26)16-24(28(32)33)30-29(34)37-18-21-7-3-2-4-8-21/h2-15,24H,16-19H2,1H3,(H,30,34)(H,32,33)/b26-15-. The minimum atomic E-state index is -1.26. The average molecular weight is 565 g/mol. The lowest BCUT2D eigenvalue weighted by atomic mass is 10.1. The minimum absolute atomic E-state index is 0.0185. The van der Waals surface area contributed by atoms with Crippen LogP contribution in [0.15, 0.2) is 83.8 Å². The number of amides is 1. The van der Waals surface area contributed by atoms with Crippen molar-refractivity contribution in [3.63, 3.8) is 0 Å². The summed E-state index contributed by atoms with van der Waals surface area (Å²) in [5.41, 5.74) is 3.81. The van der Waals surface area contributed by atoms with E-state index in [1.54, 1.807) is 17.0 Å². The van der Waals surface area contributed by atoms with E-state index in [0.29, 0.717) is 39.4 Å². The van der Waals surface area contributed by atoms with Gasteiger partial charge in [-0.25, -0.2) is 13.8 Å². The molecule has 2 N–H and O–H groups in total. The molecule has 0 aliphatic carbocycles. The molecular weight excluding hydrogens is 536 g/mol. The molecule has 3 aromatic rings. The third-order valence-electron chi connectivity index (χ3n) is 5.88. The van der Waals surface area contributed by atoms with Crippen LogP contribution in [0.4, 0.5) is 4.79 Å². The average Bonchev–Trinajstić information content (AvgIpc) is 3.33. The van der Waals surface area contributed by atoms with Crippen LogP contribution in [0.3, 0.4) is 0 Å². The Hall–Kier alpha value is -3.86. The summed E-state index contributed by atoms with van der Waals surface area (Å²) in [6, 6.07) is 23.5. The first-order chi connectivity index (χ1) is 18.9. The maximum absolute atomic E-state index is 12.3. The fourth-order valence-corrected chi connectivity index (χ4v) is 5.53. The van der Waals surface area contributed by atoms with E-state index in [-0.39, 0.29) is 13.2 Å². The van der Waals surface area contributed by atoms with E-state index >= 15 is 0 Å². The Balaban J connectivity index is 1.40. The number of carbonyl (C=O) groups is 2. The van der Waals surface area contributed by atoms with Crippen molar-refractivity contribution in [1.82, 2.24) is 10.2 Å². The minimum Gasteiger partial charge on any atom is -0.488 e. The van der Waals surface area contributed by atoms with Crippen molar-refractivity contribution in [2.24, 2.45) is 0 Å². The Morgan fingerprint density at radius 3 is 2.44 bits per heavy atom. The summed E-state index contributed by atoms with van der Waals surface area (Å²) in [5, 5.41) is 12.1. The molecular formula is C29H28N2O6S2. The molecule has 0 radical (unpaired) electrons. The lowest BCUT2D eigenvalue weighted by Crippen LogP contribution is -2.49. The van der Waals surface area contributed by atoms with Crippen LogP contribution in [-0.4, -0.2) is 49.7 Å². The van der Waals surface area contributed by atoms with Crippen LogP contribution in [0, 0.1) is 6.92 Å². The second-order valence-corrected chi connectivity index (χ2v) is 10.3. The number of hydrogen-bond acceptors (Lipinski definition) is 6. The molecule has 10 heteroatoms. The van der Waals surface area contributed by atoms with Gasteiger partial charge in [-0.3, -0.25) is 4.90 Å². The molecule has 1 aliphatic rings. The number of hydrogen-bond donors (Lipinski definition) is 2. The molecule has 39 heavy (non-hydrogen) atoms. The van der Waals surface area contributed by atoms with Crippen LogP contribution >= 0.6 is 11.8 Å². The van der Waals surface area contributed by atoms with Gasteiger partial charge >= 0.3 is 12.1 Å². The molecule has 4 rings (SSSR count). The molecule has 0 bridgehead atoms. The van der Waals surface area contributed by atoms with Gasteiger partial charge in [0.15, 0.2) is 0 Å². The monoisotopic (exact) mass is 564 g/mol. The first-order valence-corrected chi connectivity index (χ1v) is 13.9. The van der Waals surface area contributed by atoms with Gasteiger partial charge in [0.05, 0.1) is 5.88 Å². The maximum atomic E-state index is 12.3. The van der Waals surface area contributed by atoms with Gasteiger partial charge in [0.2, 0.25) is 0 Å². The molecule has 202 valence electrons. The van der Waals surface area contributed by atoms with Crippen molar-refractivity contribution in [3.8, 4) is 5.75 Å². The third kappa shape index (κ3) is 8.06. The predicted octanol–water partition coefficient (Wildman–Crippen LogP) is 4.64. The molecule has 0 spiro atoms. The normalized spacial score (nSPS) is 15.1. The van der Waals surface area contributed by atoms with Gasteiger partial charge in [0.1, 0.15) is 41.2 Å². The first-order valence-electron chi connectivity index (χ1n) is 12.2. The highest BCUT2D eigenvalue weighted by Crippen LogP contribution is 2.32. The fraction of sp³-hybridized carbons (Fsp3) is 0.207. The van der Waals surface area contributed by atoms with Gasteiger partial charge in [-0.2, -0.15) is 0 Å². The SMILES string of the molecule is Cc1ccc(COc2ccccc2/C=C2\SCN(CC(NC(=O)OCc3ccccc3)C(=O)O)C2=S=O)cc1. The van der Waals surface area contributed by atoms with Crippen molar-refractivity contribution in [2.45, 2.75) is 26.2 Å². The van der Waals surface area contributed by atoms with E-state index in [2.05, 4.69) is 5.32 Å². The maximum Gasteiger partial charge on any atom is 0.408 e. The number of rotatable bonds is 10. The van der Waals surface area contributed by atoms with Gasteiger partial charge in [0, 0.05) is 17.0 Å². The Morgan fingerprint density at radius 1 is 1.03 bits per heavy atom. The van der Waals surface area contributed by atoms with Crippen LogP contribution in [-0.2, 0) is 34.0 Å². The molecule has 1 heterocycles. The molecule has 0 aromatic heterocycles. The fourth-order valence-electron chi connectivity index (χ4n) is 3.79. The van der Waals surface area contributed by atoms with E-state index in [1.165, 1.54) is 17.3 Å². The second kappa shape index (κ2) is 13.8. The summed E-state index contributed by atoms with van der Waals surface area (Å²) in [4.78, 5) is 26.9. The first kappa shape index (κ1) is 28.2. The summed E-state index contributed by atoms with van der Waals surface area (Å²) in [6.45, 7) is 2.36. The number of thioether (sulfide) groups is 1. The summed E-state index contributed by atoms with van der Waals surface area (Å²) in [5.74, 6) is -0.182. The number of benzene rings is 3. The molecule has 0 saturated carbocycles. The third-order valence-corrected chi connectivity index (χ3v) is 7.71. The zero-order chi connectivity index (χ0) is 27.6. The molecule has 1 saturated heterocycles. The largest absolute Gasteiger partial charge is 0.488 e. The number of aliphatic carboxylic acids is 1. The Morgan fingerprint density at radius 2 is 1.72 bits per heavy atom. The highest BCUT2D eigenvalue weighted by Gasteiger charge is 2.31. The molecule has 1 unspecified atom stereocenters. The topological polar surface area (TPSA) is 105 Å². The Bertz CT molecular complexity index is 1390. The zero-order valence-electron chi connectivity index (χ0n) is 21.2. The van der Waals surface area contributed by atoms with Crippen molar-refractivity contribution in [3.05, 3.63) is 106 Å². The summed E-state index contributed by atoms with van der Waals surface area (Å²) >= 11 is 1.71. The van der Waals surface area contributed by atoms with Crippen LogP contribution in [0.25, 0.3) is 6.08 Å². The molecule has 3 aromatic carbocycles. The number of carboxylic acids is 1. The van der Waals surface area contributed by atoms with E-state index in [0.717, 1.165) is 16.7 Å². The van der Waals surface area contributed by atoms with E-state index in [1.807, 2.05) is 79.7 Å². The molecule has 1 fully saturated rings. The quantitative estimate of drug-likeness (QED) is 0.271. The van der Waals surface area contributed by atoms with E-state index < -0.39 is 18.1 Å². The summed E-state index contributed by atoms with van der Waals surface area (Å²) in [7, 11) is 0. The highest BCUT2D eigenvalue weighted by atomic mass is 32.2. The molecule has 8 nitrogen and oxygen atoms in total. The van der Waals surface area contributed by atoms with Gasteiger partial charge in [-0.1, -0.05) is 78.4 Å². The van der Waals surface area contributed by atoms with E-state index in [9.17, 15) is 18.9 Å². The van der Waals surface area contributed by atoms with Crippen LogP contribution in [0.2, 0.25) is 0 Å². The van der Waals surface area contributed by atoms with Crippen LogP contribution in [0.5, 0.6) is 5.75 Å². The van der Waals surface area contributed by atoms with E-state index in [4.69, 9.17) is 9.47 Å². The number of aryl methyl sites for hydroxylation is 1. The predicted molar refractivity (Wildman–Crippen MR) is 153 cm³/mol. The molecule has 1 atom stereocenters. The number of carboxylic acid groups (broad SMARTS) is 1. The lowest BCUT2D eigenvalue weighted by molar-refractivity contribution is -0.139. The number of ether oxygens (including phenoxy) is 2. The number of carbonyl (C=O) groups excluding carboxylic acids is 1. The Labute approximate surface area is 234 Å². The number of alkyl carbamates (subject to hydrolysis) is 1. The number of nitrogens with zero attached hydrogens (tertiary/aromatic N) is 1. The molecule has 1 aliphatic heterocycles. The van der Waals surface area contributed by atoms with Crippen LogP contribution in [0.1, 0.15) is 22.3 Å².